The first-order valence-corrected chi connectivity index (χ1v) is 9.54. The molecule has 0 saturated carbocycles. The fourth-order valence-electron chi connectivity index (χ4n) is 3.08. The van der Waals surface area contributed by atoms with Crippen LogP contribution in [0.5, 0.6) is 0 Å². The van der Waals surface area contributed by atoms with Gasteiger partial charge in [-0.15, -0.1) is 0 Å². The molecule has 2 N–H and O–H groups in total. The zero-order valence-corrected chi connectivity index (χ0v) is 16.1. The number of hydrogen-bond donors (Lipinski definition) is 2. The Kier molecular flexibility index (Phi) is 4.79. The number of hydrogen-bond acceptors (Lipinski definition) is 4. The number of aromatic nitrogens is 1. The highest BCUT2D eigenvalue weighted by molar-refractivity contribution is 8.26. The van der Waals surface area contributed by atoms with Gasteiger partial charge >= 0.3 is 6.18 Å². The Labute approximate surface area is 171 Å². The lowest BCUT2D eigenvalue weighted by Gasteiger charge is -2.14. The Morgan fingerprint density at radius 1 is 1.03 bits per heavy atom. The molecule has 0 spiro atoms. The number of halogens is 3. The van der Waals surface area contributed by atoms with E-state index in [1.807, 2.05) is 0 Å². The number of thioether (sulfide) groups is 1. The van der Waals surface area contributed by atoms with Gasteiger partial charge in [-0.3, -0.25) is 9.59 Å². The van der Waals surface area contributed by atoms with E-state index in [4.69, 9.17) is 12.2 Å². The molecule has 0 atom stereocenters. The summed E-state index contributed by atoms with van der Waals surface area (Å²) in [5, 5.41) is 2.64. The highest BCUT2D eigenvalue weighted by atomic mass is 32.2. The van der Waals surface area contributed by atoms with Crippen LogP contribution >= 0.6 is 24.0 Å². The quantitative estimate of drug-likeness (QED) is 0.455. The molecular weight excluding hydrogens is 421 g/mol. The molecule has 146 valence electrons. The molecule has 2 aromatic carbocycles. The Hall–Kier alpha value is -2.91. The number of fused-ring (bicyclic) bond motifs is 1. The lowest BCUT2D eigenvalue weighted by Crippen LogP contribution is -2.18. The lowest BCUT2D eigenvalue weighted by atomic mass is 9.98. The van der Waals surface area contributed by atoms with Crippen LogP contribution in [0.15, 0.2) is 58.2 Å². The molecule has 1 amide bonds. The Morgan fingerprint density at radius 2 is 1.79 bits per heavy atom. The number of carbonyl (C=O) groups is 1. The number of H-pyrrole nitrogens is 1. The highest BCUT2D eigenvalue weighted by Gasteiger charge is 2.36. The van der Waals surface area contributed by atoms with Gasteiger partial charge < -0.3 is 10.3 Å². The maximum Gasteiger partial charge on any atom is 0.432 e. The number of pyridine rings is 1. The van der Waals surface area contributed by atoms with Crippen molar-refractivity contribution in [3.05, 3.63) is 74.9 Å². The van der Waals surface area contributed by atoms with Crippen LogP contribution in [0.25, 0.3) is 28.1 Å². The topological polar surface area (TPSA) is 62.0 Å². The number of aromatic amines is 1. The normalized spacial score (nSPS) is 15.9. The van der Waals surface area contributed by atoms with Crippen molar-refractivity contribution in [2.24, 2.45) is 0 Å². The molecule has 1 aromatic heterocycles. The molecular formula is C20H11F3N2O2S2. The average Bonchev–Trinajstić information content (AvgIpc) is 2.98. The van der Waals surface area contributed by atoms with Crippen molar-refractivity contribution >= 4 is 51.2 Å². The van der Waals surface area contributed by atoms with Gasteiger partial charge in [0.25, 0.3) is 5.91 Å². The Morgan fingerprint density at radius 3 is 2.48 bits per heavy atom. The number of amides is 1. The van der Waals surface area contributed by atoms with E-state index < -0.39 is 22.9 Å². The molecule has 9 heteroatoms. The molecule has 2 heterocycles. The summed E-state index contributed by atoms with van der Waals surface area (Å²) in [6, 6.07) is 12.1. The largest absolute Gasteiger partial charge is 0.432 e. The van der Waals surface area contributed by atoms with E-state index in [9.17, 15) is 22.8 Å². The van der Waals surface area contributed by atoms with E-state index in [0.717, 1.165) is 11.8 Å². The van der Waals surface area contributed by atoms with Gasteiger partial charge in [0, 0.05) is 10.9 Å². The van der Waals surface area contributed by atoms with Gasteiger partial charge in [0.15, 0.2) is 5.43 Å². The minimum atomic E-state index is -4.75. The summed E-state index contributed by atoms with van der Waals surface area (Å²) in [6.07, 6.45) is -3.23. The van der Waals surface area contributed by atoms with Crippen molar-refractivity contribution < 1.29 is 18.0 Å². The number of nitrogens with one attached hydrogen (secondary N) is 2. The van der Waals surface area contributed by atoms with Crippen LogP contribution in [-0.2, 0) is 11.0 Å². The van der Waals surface area contributed by atoms with Crippen molar-refractivity contribution in [1.29, 1.82) is 0 Å². The van der Waals surface area contributed by atoms with Gasteiger partial charge in [0.05, 0.1) is 10.5 Å². The lowest BCUT2D eigenvalue weighted by molar-refractivity contribution is -0.140. The van der Waals surface area contributed by atoms with Crippen molar-refractivity contribution in [2.45, 2.75) is 6.18 Å². The molecule has 0 unspecified atom stereocenters. The third-order valence-corrected chi connectivity index (χ3v) is 5.47. The van der Waals surface area contributed by atoms with E-state index >= 15 is 0 Å². The van der Waals surface area contributed by atoms with Crippen molar-refractivity contribution in [3.8, 4) is 11.1 Å². The van der Waals surface area contributed by atoms with E-state index in [0.29, 0.717) is 14.8 Å². The zero-order valence-electron chi connectivity index (χ0n) is 14.5. The SMILES string of the molecule is O=C1NC(=S)SC1=Cc1cccc(-c2c(C(F)(F)F)[nH]c3ccccc3c2=O)c1. The van der Waals surface area contributed by atoms with Gasteiger partial charge in [0.2, 0.25) is 0 Å². The van der Waals surface area contributed by atoms with Crippen molar-refractivity contribution in [2.75, 3.05) is 0 Å². The number of carbonyl (C=O) groups excluding carboxylic acids is 1. The van der Waals surface area contributed by atoms with Crippen LogP contribution < -0.4 is 10.7 Å². The molecule has 0 radical (unpaired) electrons. The number of benzene rings is 2. The minimum absolute atomic E-state index is 0.102. The van der Waals surface area contributed by atoms with Crippen molar-refractivity contribution in [1.82, 2.24) is 10.3 Å². The molecule has 1 aliphatic rings. The first-order valence-electron chi connectivity index (χ1n) is 8.31. The number of rotatable bonds is 2. The molecule has 1 fully saturated rings. The summed E-state index contributed by atoms with van der Waals surface area (Å²) in [5.41, 5.74) is -1.60. The van der Waals surface area contributed by atoms with Gasteiger partial charge in [-0.25, -0.2) is 0 Å². The third kappa shape index (κ3) is 3.70. The number of para-hydroxylation sites is 1. The van der Waals surface area contributed by atoms with Crippen LogP contribution in [-0.4, -0.2) is 15.2 Å². The summed E-state index contributed by atoms with van der Waals surface area (Å²) >= 11 is 6.00. The molecule has 4 nitrogen and oxygen atoms in total. The van der Waals surface area contributed by atoms with Crippen molar-refractivity contribution in [3.63, 3.8) is 0 Å². The number of alkyl halides is 3. The monoisotopic (exact) mass is 432 g/mol. The highest BCUT2D eigenvalue weighted by Crippen LogP contribution is 2.36. The number of thiocarbonyl (C=S) groups is 1. The molecule has 29 heavy (non-hydrogen) atoms. The van der Waals surface area contributed by atoms with Gasteiger partial charge in [-0.1, -0.05) is 54.3 Å². The Bertz CT molecular complexity index is 1260. The van der Waals surface area contributed by atoms with Crippen LogP contribution in [0.1, 0.15) is 11.3 Å². The summed E-state index contributed by atoms with van der Waals surface area (Å²) in [7, 11) is 0. The maximum atomic E-state index is 13.7. The summed E-state index contributed by atoms with van der Waals surface area (Å²) in [4.78, 5) is 27.4. The summed E-state index contributed by atoms with van der Waals surface area (Å²) in [5.74, 6) is -0.370. The second-order valence-electron chi connectivity index (χ2n) is 6.23. The first kappa shape index (κ1) is 19.4. The fourth-order valence-corrected chi connectivity index (χ4v) is 4.12. The second kappa shape index (κ2) is 7.16. The van der Waals surface area contributed by atoms with E-state index in [1.165, 1.54) is 36.4 Å². The van der Waals surface area contributed by atoms with E-state index in [-0.39, 0.29) is 22.4 Å². The minimum Gasteiger partial charge on any atom is -0.350 e. The zero-order chi connectivity index (χ0) is 20.8. The van der Waals surface area contributed by atoms with E-state index in [2.05, 4.69) is 10.3 Å². The molecule has 1 saturated heterocycles. The predicted octanol–water partition coefficient (Wildman–Crippen LogP) is 4.70. The molecule has 0 aliphatic carbocycles. The van der Waals surface area contributed by atoms with Crippen LogP contribution in [0, 0.1) is 0 Å². The summed E-state index contributed by atoms with van der Waals surface area (Å²) < 4.78 is 41.4. The standard InChI is InChI=1S/C20H11F3N2O2S2/c21-20(22,23)17-15(16(26)12-6-1-2-7-13(12)24-17)11-5-3-4-10(8-11)9-14-18(27)25-19(28)29-14/h1-9H,(H,24,26)(H,25,27,28). The predicted molar refractivity (Wildman–Crippen MR) is 111 cm³/mol. The molecule has 3 aromatic rings. The Balaban J connectivity index is 1.92. The van der Waals surface area contributed by atoms with E-state index in [1.54, 1.807) is 18.2 Å². The van der Waals surface area contributed by atoms with Gasteiger partial charge in [-0.2, -0.15) is 13.2 Å². The second-order valence-corrected chi connectivity index (χ2v) is 7.94. The average molecular weight is 432 g/mol. The van der Waals surface area contributed by atoms with Crippen LogP contribution in [0.3, 0.4) is 0 Å². The maximum absolute atomic E-state index is 13.7. The van der Waals surface area contributed by atoms with Crippen LogP contribution in [0.2, 0.25) is 0 Å². The summed E-state index contributed by atoms with van der Waals surface area (Å²) in [6.45, 7) is 0. The molecule has 4 rings (SSSR count). The molecule has 0 bridgehead atoms. The van der Waals surface area contributed by atoms with Crippen LogP contribution in [0.4, 0.5) is 13.2 Å². The van der Waals surface area contributed by atoms with Gasteiger partial charge in [-0.05, 0) is 35.4 Å². The molecule has 1 aliphatic heterocycles. The third-order valence-electron chi connectivity index (χ3n) is 4.31. The smallest absolute Gasteiger partial charge is 0.350 e. The van der Waals surface area contributed by atoms with Gasteiger partial charge in [0.1, 0.15) is 10.0 Å². The fraction of sp³-hybridized carbons (Fsp3) is 0.0500. The first-order chi connectivity index (χ1) is 13.7.